The SMILES string of the molecule is Oc1ccc(C(F)(F)F)cc1OC1CCCC1. The summed E-state index contributed by atoms with van der Waals surface area (Å²) in [5.74, 6) is -0.323. The van der Waals surface area contributed by atoms with E-state index in [1.807, 2.05) is 0 Å². The lowest BCUT2D eigenvalue weighted by molar-refractivity contribution is -0.137. The van der Waals surface area contributed by atoms with Crippen molar-refractivity contribution < 1.29 is 23.0 Å². The Bertz CT molecular complexity index is 395. The Morgan fingerprint density at radius 2 is 1.82 bits per heavy atom. The zero-order valence-electron chi connectivity index (χ0n) is 9.13. The van der Waals surface area contributed by atoms with E-state index in [9.17, 15) is 18.3 Å². The molecule has 0 bridgehead atoms. The van der Waals surface area contributed by atoms with Gasteiger partial charge in [0.1, 0.15) is 0 Å². The molecule has 1 aromatic rings. The molecule has 0 atom stereocenters. The quantitative estimate of drug-likeness (QED) is 0.861. The van der Waals surface area contributed by atoms with Crippen LogP contribution >= 0.6 is 0 Å². The van der Waals surface area contributed by atoms with Gasteiger partial charge in [0.25, 0.3) is 0 Å². The van der Waals surface area contributed by atoms with Gasteiger partial charge in [0.2, 0.25) is 0 Å². The molecule has 0 unspecified atom stereocenters. The molecular weight excluding hydrogens is 233 g/mol. The molecule has 1 fully saturated rings. The van der Waals surface area contributed by atoms with Gasteiger partial charge in [-0.25, -0.2) is 0 Å². The maximum Gasteiger partial charge on any atom is 0.416 e. The Morgan fingerprint density at radius 1 is 1.18 bits per heavy atom. The van der Waals surface area contributed by atoms with Crippen LogP contribution in [0, 0.1) is 0 Å². The molecular formula is C12H13F3O2. The molecule has 0 aliphatic heterocycles. The number of hydrogen-bond acceptors (Lipinski definition) is 2. The van der Waals surface area contributed by atoms with Crippen molar-refractivity contribution in [3.05, 3.63) is 23.8 Å². The average Bonchev–Trinajstić information content (AvgIpc) is 2.72. The van der Waals surface area contributed by atoms with Crippen molar-refractivity contribution in [2.45, 2.75) is 38.0 Å². The van der Waals surface area contributed by atoms with Crippen LogP contribution in [0.25, 0.3) is 0 Å². The summed E-state index contributed by atoms with van der Waals surface area (Å²) in [7, 11) is 0. The van der Waals surface area contributed by atoms with E-state index in [1.54, 1.807) is 0 Å². The summed E-state index contributed by atoms with van der Waals surface area (Å²) in [6.45, 7) is 0. The molecule has 0 aromatic heterocycles. The van der Waals surface area contributed by atoms with Gasteiger partial charge in [0.15, 0.2) is 11.5 Å². The summed E-state index contributed by atoms with van der Waals surface area (Å²) < 4.78 is 42.8. The highest BCUT2D eigenvalue weighted by Crippen LogP contribution is 2.37. The average molecular weight is 246 g/mol. The third-order valence-electron chi connectivity index (χ3n) is 2.88. The fourth-order valence-electron chi connectivity index (χ4n) is 1.97. The van der Waals surface area contributed by atoms with Gasteiger partial charge in [-0.1, -0.05) is 0 Å². The molecule has 94 valence electrons. The lowest BCUT2D eigenvalue weighted by Crippen LogP contribution is -2.12. The zero-order valence-corrected chi connectivity index (χ0v) is 9.13. The van der Waals surface area contributed by atoms with E-state index in [0.29, 0.717) is 0 Å². The van der Waals surface area contributed by atoms with Gasteiger partial charge in [-0.3, -0.25) is 0 Å². The number of rotatable bonds is 2. The van der Waals surface area contributed by atoms with E-state index >= 15 is 0 Å². The Hall–Kier alpha value is -1.39. The number of phenolic OH excluding ortho intramolecular Hbond substituents is 1. The highest BCUT2D eigenvalue weighted by atomic mass is 19.4. The normalized spacial score (nSPS) is 17.4. The van der Waals surface area contributed by atoms with Crippen molar-refractivity contribution in [3.63, 3.8) is 0 Å². The molecule has 2 rings (SSSR count). The van der Waals surface area contributed by atoms with E-state index in [1.165, 1.54) is 0 Å². The summed E-state index contributed by atoms with van der Waals surface area (Å²) in [5.41, 5.74) is -0.803. The topological polar surface area (TPSA) is 29.5 Å². The Labute approximate surface area is 97.0 Å². The molecule has 0 heterocycles. The van der Waals surface area contributed by atoms with Gasteiger partial charge in [-0.15, -0.1) is 0 Å². The molecule has 1 aliphatic carbocycles. The lowest BCUT2D eigenvalue weighted by Gasteiger charge is -2.16. The summed E-state index contributed by atoms with van der Waals surface area (Å²) in [6.07, 6.45) is -0.800. The summed E-state index contributed by atoms with van der Waals surface area (Å²) >= 11 is 0. The highest BCUT2D eigenvalue weighted by molar-refractivity contribution is 5.42. The molecule has 2 nitrogen and oxygen atoms in total. The second-order valence-electron chi connectivity index (χ2n) is 4.20. The van der Waals surface area contributed by atoms with Crippen LogP contribution in [0.15, 0.2) is 18.2 Å². The highest BCUT2D eigenvalue weighted by Gasteiger charge is 2.31. The Kier molecular flexibility index (Phi) is 3.17. The third kappa shape index (κ3) is 2.84. The lowest BCUT2D eigenvalue weighted by atomic mass is 10.2. The van der Waals surface area contributed by atoms with Crippen molar-refractivity contribution in [1.82, 2.24) is 0 Å². The number of aromatic hydroxyl groups is 1. The molecule has 1 aliphatic rings. The van der Waals surface area contributed by atoms with Crippen LogP contribution < -0.4 is 4.74 Å². The minimum atomic E-state index is -4.42. The Morgan fingerprint density at radius 3 is 2.41 bits per heavy atom. The summed E-state index contributed by atoms with van der Waals surface area (Å²) in [6, 6.07) is 2.72. The molecule has 1 saturated carbocycles. The minimum absolute atomic E-state index is 0.0771. The first-order valence-corrected chi connectivity index (χ1v) is 5.53. The molecule has 0 saturated heterocycles. The zero-order chi connectivity index (χ0) is 12.5. The third-order valence-corrected chi connectivity index (χ3v) is 2.88. The van der Waals surface area contributed by atoms with E-state index < -0.39 is 11.7 Å². The number of ether oxygens (including phenoxy) is 1. The van der Waals surface area contributed by atoms with Crippen molar-refractivity contribution >= 4 is 0 Å². The Balaban J connectivity index is 2.20. The van der Waals surface area contributed by atoms with Crippen LogP contribution in [0.3, 0.4) is 0 Å². The fraction of sp³-hybridized carbons (Fsp3) is 0.500. The van der Waals surface area contributed by atoms with Gasteiger partial charge >= 0.3 is 6.18 Å². The molecule has 5 heteroatoms. The van der Waals surface area contributed by atoms with Gasteiger partial charge in [-0.2, -0.15) is 13.2 Å². The maximum absolute atomic E-state index is 12.5. The van der Waals surface area contributed by atoms with Gasteiger partial charge < -0.3 is 9.84 Å². The largest absolute Gasteiger partial charge is 0.504 e. The van der Waals surface area contributed by atoms with Crippen LogP contribution in [-0.4, -0.2) is 11.2 Å². The van der Waals surface area contributed by atoms with E-state index in [0.717, 1.165) is 43.9 Å². The van der Waals surface area contributed by atoms with Crippen LogP contribution in [-0.2, 0) is 6.18 Å². The number of alkyl halides is 3. The van der Waals surface area contributed by atoms with Crippen molar-refractivity contribution in [2.75, 3.05) is 0 Å². The molecule has 0 radical (unpaired) electrons. The van der Waals surface area contributed by atoms with Gasteiger partial charge in [0, 0.05) is 0 Å². The van der Waals surface area contributed by atoms with Crippen molar-refractivity contribution in [3.8, 4) is 11.5 Å². The van der Waals surface area contributed by atoms with Crippen LogP contribution in [0.1, 0.15) is 31.2 Å². The summed E-state index contributed by atoms with van der Waals surface area (Å²) in [4.78, 5) is 0. The standard InChI is InChI=1S/C12H13F3O2/c13-12(14,15)8-5-6-10(16)11(7-8)17-9-3-1-2-4-9/h5-7,9,16H,1-4H2. The first-order chi connectivity index (χ1) is 7.97. The van der Waals surface area contributed by atoms with E-state index in [4.69, 9.17) is 4.74 Å². The van der Waals surface area contributed by atoms with Gasteiger partial charge in [-0.05, 0) is 43.9 Å². The van der Waals surface area contributed by atoms with Crippen molar-refractivity contribution in [1.29, 1.82) is 0 Å². The number of benzene rings is 1. The minimum Gasteiger partial charge on any atom is -0.504 e. The molecule has 0 spiro atoms. The molecule has 17 heavy (non-hydrogen) atoms. The summed E-state index contributed by atoms with van der Waals surface area (Å²) in [5, 5.41) is 9.47. The smallest absolute Gasteiger partial charge is 0.416 e. The van der Waals surface area contributed by atoms with Crippen LogP contribution in [0.2, 0.25) is 0 Å². The number of halogens is 3. The number of phenols is 1. The van der Waals surface area contributed by atoms with Crippen LogP contribution in [0.5, 0.6) is 11.5 Å². The number of hydrogen-bond donors (Lipinski definition) is 1. The first kappa shape index (κ1) is 12.1. The molecule has 1 N–H and O–H groups in total. The molecule has 1 aromatic carbocycles. The molecule has 0 amide bonds. The monoisotopic (exact) mass is 246 g/mol. The van der Waals surface area contributed by atoms with E-state index in [-0.39, 0.29) is 17.6 Å². The van der Waals surface area contributed by atoms with E-state index in [2.05, 4.69) is 0 Å². The fourth-order valence-corrected chi connectivity index (χ4v) is 1.97. The van der Waals surface area contributed by atoms with Crippen molar-refractivity contribution in [2.24, 2.45) is 0 Å². The second kappa shape index (κ2) is 4.47. The predicted octanol–water partition coefficient (Wildman–Crippen LogP) is 3.73. The van der Waals surface area contributed by atoms with Crippen LogP contribution in [0.4, 0.5) is 13.2 Å². The first-order valence-electron chi connectivity index (χ1n) is 5.53. The maximum atomic E-state index is 12.5. The van der Waals surface area contributed by atoms with Gasteiger partial charge in [0.05, 0.1) is 11.7 Å². The predicted molar refractivity (Wildman–Crippen MR) is 56.0 cm³/mol. The second-order valence-corrected chi connectivity index (χ2v) is 4.20.